The first-order chi connectivity index (χ1) is 13.3. The molecule has 1 aliphatic rings. The summed E-state index contributed by atoms with van der Waals surface area (Å²) in [6.45, 7) is 2.76. The van der Waals surface area contributed by atoms with Crippen LogP contribution in [-0.4, -0.2) is 26.3 Å². The molecular weight excluding hydrogens is 373 g/mol. The van der Waals surface area contributed by atoms with Gasteiger partial charge in [-0.3, -0.25) is 0 Å². The molecule has 8 heteroatoms. The molecular formula is C20H21F3N2O3. The average molecular weight is 394 g/mol. The predicted molar refractivity (Wildman–Crippen MR) is 98.5 cm³/mol. The number of hydrogen-bond acceptors (Lipinski definition) is 3. The molecule has 2 N–H and O–H groups in total. The van der Waals surface area contributed by atoms with Gasteiger partial charge in [0.2, 0.25) is 0 Å². The monoisotopic (exact) mass is 394 g/mol. The lowest BCUT2D eigenvalue weighted by Crippen LogP contribution is -2.39. The molecule has 0 radical (unpaired) electrons. The lowest BCUT2D eigenvalue weighted by Gasteiger charge is -2.27. The SMILES string of the molecule is CCNC(=O)NC1CCOc2ccc(-c3ccc(OC)c(C(F)(F)F)c3)cc21. The number of ether oxygens (including phenoxy) is 2. The molecule has 0 saturated carbocycles. The summed E-state index contributed by atoms with van der Waals surface area (Å²) in [5.74, 6) is 0.384. The van der Waals surface area contributed by atoms with Crippen molar-refractivity contribution >= 4 is 6.03 Å². The van der Waals surface area contributed by atoms with Gasteiger partial charge in [-0.25, -0.2) is 4.79 Å². The van der Waals surface area contributed by atoms with Crippen LogP contribution in [0.1, 0.15) is 30.5 Å². The van der Waals surface area contributed by atoms with E-state index in [1.165, 1.54) is 13.2 Å². The third kappa shape index (κ3) is 4.16. The smallest absolute Gasteiger partial charge is 0.419 e. The minimum Gasteiger partial charge on any atom is -0.496 e. The number of amides is 2. The van der Waals surface area contributed by atoms with E-state index >= 15 is 0 Å². The fraction of sp³-hybridized carbons (Fsp3) is 0.350. The van der Waals surface area contributed by atoms with E-state index in [2.05, 4.69) is 10.6 Å². The normalized spacial score (nSPS) is 16.0. The van der Waals surface area contributed by atoms with Crippen LogP contribution in [-0.2, 0) is 6.18 Å². The minimum absolute atomic E-state index is 0.228. The number of urea groups is 1. The number of benzene rings is 2. The molecule has 0 bridgehead atoms. The van der Waals surface area contributed by atoms with Gasteiger partial charge in [0.25, 0.3) is 0 Å². The molecule has 0 aromatic heterocycles. The molecule has 1 aliphatic heterocycles. The molecule has 0 aliphatic carbocycles. The van der Waals surface area contributed by atoms with Crippen molar-refractivity contribution in [3.63, 3.8) is 0 Å². The zero-order chi connectivity index (χ0) is 20.3. The predicted octanol–water partition coefficient (Wildman–Crippen LogP) is 4.52. The summed E-state index contributed by atoms with van der Waals surface area (Å²) in [6, 6.07) is 8.54. The van der Waals surface area contributed by atoms with Crippen molar-refractivity contribution in [3.05, 3.63) is 47.5 Å². The zero-order valence-electron chi connectivity index (χ0n) is 15.5. The van der Waals surface area contributed by atoms with E-state index in [9.17, 15) is 18.0 Å². The molecule has 150 valence electrons. The number of halogens is 3. The molecule has 1 atom stereocenters. The van der Waals surface area contributed by atoms with Crippen LogP contribution in [0.2, 0.25) is 0 Å². The van der Waals surface area contributed by atoms with Gasteiger partial charge in [-0.15, -0.1) is 0 Å². The summed E-state index contributed by atoms with van der Waals surface area (Å²) >= 11 is 0. The summed E-state index contributed by atoms with van der Waals surface area (Å²) in [7, 11) is 1.21. The third-order valence-electron chi connectivity index (χ3n) is 4.53. The number of rotatable bonds is 4. The molecule has 1 unspecified atom stereocenters. The quantitative estimate of drug-likeness (QED) is 0.801. The van der Waals surface area contributed by atoms with Crippen molar-refractivity contribution in [2.45, 2.75) is 25.6 Å². The summed E-state index contributed by atoms with van der Waals surface area (Å²) in [4.78, 5) is 11.9. The van der Waals surface area contributed by atoms with Crippen LogP contribution < -0.4 is 20.1 Å². The maximum atomic E-state index is 13.3. The van der Waals surface area contributed by atoms with Crippen molar-refractivity contribution in [2.75, 3.05) is 20.3 Å². The van der Waals surface area contributed by atoms with Gasteiger partial charge in [0.15, 0.2) is 0 Å². The van der Waals surface area contributed by atoms with Gasteiger partial charge in [0.05, 0.1) is 25.3 Å². The van der Waals surface area contributed by atoms with E-state index in [0.29, 0.717) is 36.4 Å². The first-order valence-corrected chi connectivity index (χ1v) is 8.90. The number of fused-ring (bicyclic) bond motifs is 1. The molecule has 0 saturated heterocycles. The van der Waals surface area contributed by atoms with Gasteiger partial charge in [-0.2, -0.15) is 13.2 Å². The number of carbonyl (C=O) groups excluding carboxylic acids is 1. The Morgan fingerprint density at radius 3 is 2.61 bits per heavy atom. The summed E-state index contributed by atoms with van der Waals surface area (Å²) in [6.07, 6.45) is -3.95. The fourth-order valence-corrected chi connectivity index (χ4v) is 3.20. The van der Waals surface area contributed by atoms with Crippen LogP contribution >= 0.6 is 0 Å². The number of methoxy groups -OCH3 is 1. The molecule has 0 fully saturated rings. The van der Waals surface area contributed by atoms with Crippen LogP contribution in [0.3, 0.4) is 0 Å². The molecule has 0 spiro atoms. The highest BCUT2D eigenvalue weighted by atomic mass is 19.4. The van der Waals surface area contributed by atoms with E-state index < -0.39 is 11.7 Å². The fourth-order valence-electron chi connectivity index (χ4n) is 3.20. The second-order valence-corrected chi connectivity index (χ2v) is 6.36. The molecule has 2 aromatic carbocycles. The van der Waals surface area contributed by atoms with Gasteiger partial charge in [0.1, 0.15) is 11.5 Å². The second-order valence-electron chi connectivity index (χ2n) is 6.36. The lowest BCUT2D eigenvalue weighted by atomic mass is 9.94. The van der Waals surface area contributed by atoms with Gasteiger partial charge in [-0.1, -0.05) is 12.1 Å². The standard InChI is InChI=1S/C20H21F3N2O3/c1-3-24-19(26)25-16-8-9-28-17-6-4-12(10-14(16)17)13-5-7-18(27-2)15(11-13)20(21,22)23/h4-7,10-11,16H,3,8-9H2,1-2H3,(H2,24,25,26). The summed E-state index contributed by atoms with van der Waals surface area (Å²) in [5, 5.41) is 5.56. The first-order valence-electron chi connectivity index (χ1n) is 8.90. The van der Waals surface area contributed by atoms with Crippen molar-refractivity contribution < 1.29 is 27.4 Å². The molecule has 28 heavy (non-hydrogen) atoms. The van der Waals surface area contributed by atoms with Crippen LogP contribution in [0.4, 0.5) is 18.0 Å². The molecule has 2 aromatic rings. The third-order valence-corrected chi connectivity index (χ3v) is 4.53. The number of nitrogens with one attached hydrogen (secondary N) is 2. The number of carbonyl (C=O) groups is 1. The highest BCUT2D eigenvalue weighted by Crippen LogP contribution is 2.40. The van der Waals surface area contributed by atoms with Crippen molar-refractivity contribution in [3.8, 4) is 22.6 Å². The Morgan fingerprint density at radius 2 is 1.93 bits per heavy atom. The zero-order valence-corrected chi connectivity index (χ0v) is 15.5. The summed E-state index contributed by atoms with van der Waals surface area (Å²) < 4.78 is 50.5. The second kappa shape index (κ2) is 8.00. The Bertz CT molecular complexity index is 868. The van der Waals surface area contributed by atoms with Crippen molar-refractivity contribution in [1.82, 2.24) is 10.6 Å². The van der Waals surface area contributed by atoms with Gasteiger partial charge >= 0.3 is 12.2 Å². The molecule has 2 amide bonds. The van der Waals surface area contributed by atoms with E-state index in [0.717, 1.165) is 11.6 Å². The van der Waals surface area contributed by atoms with E-state index in [4.69, 9.17) is 9.47 Å². The van der Waals surface area contributed by atoms with Gasteiger partial charge < -0.3 is 20.1 Å². The van der Waals surface area contributed by atoms with E-state index in [1.807, 2.05) is 6.92 Å². The first kappa shape index (κ1) is 19.9. The van der Waals surface area contributed by atoms with E-state index in [1.54, 1.807) is 24.3 Å². The highest BCUT2D eigenvalue weighted by molar-refractivity contribution is 5.75. The Balaban J connectivity index is 1.98. The van der Waals surface area contributed by atoms with Gasteiger partial charge in [0, 0.05) is 18.5 Å². The topological polar surface area (TPSA) is 59.6 Å². The molecule has 5 nitrogen and oxygen atoms in total. The Kier molecular flexibility index (Phi) is 5.67. The Morgan fingerprint density at radius 1 is 1.21 bits per heavy atom. The maximum Gasteiger partial charge on any atom is 0.419 e. The van der Waals surface area contributed by atoms with Crippen molar-refractivity contribution in [2.24, 2.45) is 0 Å². The Labute approximate surface area is 160 Å². The van der Waals surface area contributed by atoms with Crippen LogP contribution in [0.15, 0.2) is 36.4 Å². The minimum atomic E-state index is -4.53. The van der Waals surface area contributed by atoms with Crippen LogP contribution in [0, 0.1) is 0 Å². The average Bonchev–Trinajstić information content (AvgIpc) is 2.67. The van der Waals surface area contributed by atoms with Crippen molar-refractivity contribution in [1.29, 1.82) is 0 Å². The van der Waals surface area contributed by atoms with Crippen LogP contribution in [0.5, 0.6) is 11.5 Å². The maximum absolute atomic E-state index is 13.3. The molecule has 1 heterocycles. The molecule has 3 rings (SSSR count). The number of hydrogen-bond donors (Lipinski definition) is 2. The van der Waals surface area contributed by atoms with E-state index in [-0.39, 0.29) is 17.8 Å². The summed E-state index contributed by atoms with van der Waals surface area (Å²) in [5.41, 5.74) is 0.899. The lowest BCUT2D eigenvalue weighted by molar-refractivity contribution is -0.138. The number of alkyl halides is 3. The highest BCUT2D eigenvalue weighted by Gasteiger charge is 2.34. The Hall–Kier alpha value is -2.90. The van der Waals surface area contributed by atoms with Gasteiger partial charge in [-0.05, 0) is 42.3 Å². The largest absolute Gasteiger partial charge is 0.496 e. The van der Waals surface area contributed by atoms with Crippen LogP contribution in [0.25, 0.3) is 11.1 Å².